The van der Waals surface area contributed by atoms with Crippen molar-refractivity contribution in [2.75, 3.05) is 14.1 Å². The minimum Gasteiger partial charge on any atom is -0.347 e. The molecule has 0 heterocycles. The van der Waals surface area contributed by atoms with Crippen LogP contribution in [0.4, 0.5) is 8.78 Å². The van der Waals surface area contributed by atoms with Gasteiger partial charge < -0.3 is 4.90 Å². The molecule has 0 aliphatic heterocycles. The first-order valence-corrected chi connectivity index (χ1v) is 5.75. The second-order valence-corrected chi connectivity index (χ2v) is 4.49. The van der Waals surface area contributed by atoms with E-state index in [4.69, 9.17) is 0 Å². The summed E-state index contributed by atoms with van der Waals surface area (Å²) in [7, 11) is 3.29. The molecule has 1 rings (SSSR count). The molecule has 1 aromatic rings. The first-order chi connectivity index (χ1) is 8.34. The van der Waals surface area contributed by atoms with Crippen LogP contribution in [0, 0.1) is 11.6 Å². The third kappa shape index (κ3) is 3.26. The Morgan fingerprint density at radius 3 is 2.44 bits per heavy atom. The second-order valence-electron chi connectivity index (χ2n) is 4.49. The molecule has 2 unspecified atom stereocenters. The third-order valence-corrected chi connectivity index (χ3v) is 2.76. The molecule has 100 valence electrons. The van der Waals surface area contributed by atoms with E-state index in [-0.39, 0.29) is 11.5 Å². The molecule has 3 nitrogen and oxygen atoms in total. The van der Waals surface area contributed by atoms with Crippen LogP contribution >= 0.6 is 0 Å². The van der Waals surface area contributed by atoms with Crippen LogP contribution in [0.25, 0.3) is 0 Å². The number of nitrogens with one attached hydrogen (secondary N) is 1. The van der Waals surface area contributed by atoms with Gasteiger partial charge in [0.05, 0.1) is 6.04 Å². The molecule has 0 spiro atoms. The summed E-state index contributed by atoms with van der Waals surface area (Å²) in [5.41, 5.74) is 0.216. The summed E-state index contributed by atoms with van der Waals surface area (Å²) in [4.78, 5) is 13.1. The van der Waals surface area contributed by atoms with Crippen molar-refractivity contribution in [3.63, 3.8) is 0 Å². The van der Waals surface area contributed by atoms with Crippen LogP contribution in [0.3, 0.4) is 0 Å². The van der Waals surface area contributed by atoms with Crippen molar-refractivity contribution >= 4 is 5.91 Å². The predicted octanol–water partition coefficient (Wildman–Crippen LogP) is 2.09. The van der Waals surface area contributed by atoms with Crippen LogP contribution in [0.1, 0.15) is 25.5 Å². The van der Waals surface area contributed by atoms with Gasteiger partial charge in [-0.1, -0.05) is 12.1 Å². The van der Waals surface area contributed by atoms with Crippen LogP contribution in [-0.2, 0) is 4.79 Å². The van der Waals surface area contributed by atoms with Crippen molar-refractivity contribution < 1.29 is 13.6 Å². The van der Waals surface area contributed by atoms with Gasteiger partial charge in [-0.2, -0.15) is 0 Å². The first-order valence-electron chi connectivity index (χ1n) is 5.75. The molecule has 0 radical (unpaired) electrons. The van der Waals surface area contributed by atoms with Crippen LogP contribution in [-0.4, -0.2) is 30.9 Å². The van der Waals surface area contributed by atoms with Gasteiger partial charge in [0, 0.05) is 25.7 Å². The molecule has 0 aliphatic rings. The summed E-state index contributed by atoms with van der Waals surface area (Å²) < 4.78 is 26.6. The van der Waals surface area contributed by atoms with E-state index in [1.165, 1.54) is 17.0 Å². The molecule has 1 amide bonds. The van der Waals surface area contributed by atoms with Gasteiger partial charge in [-0.05, 0) is 19.9 Å². The van der Waals surface area contributed by atoms with E-state index in [1.807, 2.05) is 0 Å². The van der Waals surface area contributed by atoms with Crippen molar-refractivity contribution in [2.24, 2.45) is 0 Å². The number of benzene rings is 1. The van der Waals surface area contributed by atoms with Gasteiger partial charge in [-0.25, -0.2) is 8.78 Å². The van der Waals surface area contributed by atoms with Gasteiger partial charge in [0.15, 0.2) is 11.6 Å². The van der Waals surface area contributed by atoms with Crippen LogP contribution in [0.2, 0.25) is 0 Å². The van der Waals surface area contributed by atoms with E-state index in [2.05, 4.69) is 5.32 Å². The molecule has 5 heteroatoms. The molecule has 0 aliphatic carbocycles. The molecule has 1 N–H and O–H groups in total. The van der Waals surface area contributed by atoms with E-state index in [1.54, 1.807) is 27.9 Å². The summed E-state index contributed by atoms with van der Waals surface area (Å²) >= 11 is 0. The van der Waals surface area contributed by atoms with Crippen molar-refractivity contribution in [3.8, 4) is 0 Å². The highest BCUT2D eigenvalue weighted by atomic mass is 19.2. The minimum atomic E-state index is -0.882. The quantitative estimate of drug-likeness (QED) is 0.894. The topological polar surface area (TPSA) is 32.3 Å². The Kier molecular flexibility index (Phi) is 4.78. The highest BCUT2D eigenvalue weighted by Crippen LogP contribution is 2.19. The highest BCUT2D eigenvalue weighted by molar-refractivity contribution is 5.80. The lowest BCUT2D eigenvalue weighted by molar-refractivity contribution is -0.130. The van der Waals surface area contributed by atoms with E-state index in [0.717, 1.165) is 6.07 Å². The number of hydrogen-bond donors (Lipinski definition) is 1. The number of halogens is 2. The zero-order valence-electron chi connectivity index (χ0n) is 11.0. The van der Waals surface area contributed by atoms with Gasteiger partial charge in [0.1, 0.15) is 0 Å². The average molecular weight is 256 g/mol. The Balaban J connectivity index is 2.80. The molecule has 0 fully saturated rings. The Hall–Kier alpha value is -1.49. The summed E-state index contributed by atoms with van der Waals surface area (Å²) in [6.45, 7) is 3.38. The zero-order chi connectivity index (χ0) is 13.9. The van der Waals surface area contributed by atoms with Crippen molar-refractivity contribution in [3.05, 3.63) is 35.4 Å². The summed E-state index contributed by atoms with van der Waals surface area (Å²) in [5.74, 6) is -1.87. The maximum Gasteiger partial charge on any atom is 0.238 e. The molecular formula is C13H18F2N2O. The number of amides is 1. The molecule has 0 aromatic heterocycles. The number of rotatable bonds is 4. The van der Waals surface area contributed by atoms with E-state index < -0.39 is 23.7 Å². The van der Waals surface area contributed by atoms with Crippen LogP contribution in [0.15, 0.2) is 18.2 Å². The fourth-order valence-corrected chi connectivity index (χ4v) is 1.78. The minimum absolute atomic E-state index is 0.112. The maximum atomic E-state index is 13.6. The number of likely N-dealkylation sites (N-methyl/N-ethyl adjacent to an activating group) is 1. The number of carbonyl (C=O) groups excluding carboxylic acids is 1. The first kappa shape index (κ1) is 14.6. The summed E-state index contributed by atoms with van der Waals surface area (Å²) in [5, 5.41) is 2.95. The Morgan fingerprint density at radius 2 is 1.89 bits per heavy atom. The van der Waals surface area contributed by atoms with Crippen LogP contribution in [0.5, 0.6) is 0 Å². The summed E-state index contributed by atoms with van der Waals surface area (Å²) in [6, 6.07) is 3.12. The number of carbonyl (C=O) groups is 1. The molecule has 0 saturated heterocycles. The highest BCUT2D eigenvalue weighted by Gasteiger charge is 2.20. The van der Waals surface area contributed by atoms with Gasteiger partial charge in [-0.3, -0.25) is 10.1 Å². The molecule has 0 saturated carbocycles. The third-order valence-electron chi connectivity index (χ3n) is 2.76. The lowest BCUT2D eigenvalue weighted by Crippen LogP contribution is -2.42. The van der Waals surface area contributed by atoms with Crippen molar-refractivity contribution in [1.29, 1.82) is 0 Å². The van der Waals surface area contributed by atoms with Gasteiger partial charge >= 0.3 is 0 Å². The monoisotopic (exact) mass is 256 g/mol. The molecule has 0 bridgehead atoms. The zero-order valence-corrected chi connectivity index (χ0v) is 11.0. The number of nitrogens with zero attached hydrogens (tertiary/aromatic N) is 1. The normalized spacial score (nSPS) is 14.1. The van der Waals surface area contributed by atoms with E-state index in [9.17, 15) is 13.6 Å². The van der Waals surface area contributed by atoms with Crippen molar-refractivity contribution in [1.82, 2.24) is 10.2 Å². The Morgan fingerprint density at radius 1 is 1.28 bits per heavy atom. The van der Waals surface area contributed by atoms with Gasteiger partial charge in [-0.15, -0.1) is 0 Å². The second kappa shape index (κ2) is 5.91. The van der Waals surface area contributed by atoms with E-state index >= 15 is 0 Å². The standard InChI is InChI=1S/C13H18F2N2O/c1-8(16-9(2)13(18)17(3)4)10-6-5-7-11(14)12(10)15/h5-9,16H,1-4H3. The Bertz CT molecular complexity index is 435. The lowest BCUT2D eigenvalue weighted by atomic mass is 10.1. The Labute approximate surface area is 106 Å². The molecule has 18 heavy (non-hydrogen) atoms. The smallest absolute Gasteiger partial charge is 0.238 e. The predicted molar refractivity (Wildman–Crippen MR) is 66.1 cm³/mol. The SMILES string of the molecule is CC(NC(C)c1cccc(F)c1F)C(=O)N(C)C. The lowest BCUT2D eigenvalue weighted by Gasteiger charge is -2.22. The molecular weight excluding hydrogens is 238 g/mol. The van der Waals surface area contributed by atoms with Crippen molar-refractivity contribution in [2.45, 2.75) is 25.9 Å². The number of hydrogen-bond acceptors (Lipinski definition) is 2. The molecule has 1 aromatic carbocycles. The van der Waals surface area contributed by atoms with E-state index in [0.29, 0.717) is 0 Å². The van der Waals surface area contributed by atoms with Crippen LogP contribution < -0.4 is 5.32 Å². The largest absolute Gasteiger partial charge is 0.347 e. The summed E-state index contributed by atoms with van der Waals surface area (Å²) in [6.07, 6.45) is 0. The average Bonchev–Trinajstić information content (AvgIpc) is 2.31. The maximum absolute atomic E-state index is 13.6. The fraction of sp³-hybridized carbons (Fsp3) is 0.462. The van der Waals surface area contributed by atoms with Gasteiger partial charge in [0.2, 0.25) is 5.91 Å². The molecule has 2 atom stereocenters. The van der Waals surface area contributed by atoms with Gasteiger partial charge in [0.25, 0.3) is 0 Å². The fourth-order valence-electron chi connectivity index (χ4n) is 1.78.